The Morgan fingerprint density at radius 2 is 1.52 bits per heavy atom. The average Bonchev–Trinajstić information content (AvgIpc) is 3.07. The van der Waals surface area contributed by atoms with Gasteiger partial charge in [0.2, 0.25) is 0 Å². The summed E-state index contributed by atoms with van der Waals surface area (Å²) in [6.07, 6.45) is 0. The minimum atomic E-state index is -0.550. The molecule has 4 rings (SSSR count). The summed E-state index contributed by atoms with van der Waals surface area (Å²) in [6, 6.07) is 10.7. The Kier molecular flexibility index (Phi) is 3.45. The second-order valence-electron chi connectivity index (χ2n) is 5.65. The highest BCUT2D eigenvalue weighted by molar-refractivity contribution is 5.95. The smallest absolute Gasteiger partial charge is 0.285 e. The number of nitrogens with zero attached hydrogens (tertiary/aromatic N) is 4. The molecule has 0 radical (unpaired) electrons. The van der Waals surface area contributed by atoms with Gasteiger partial charge in [-0.15, -0.1) is 0 Å². The van der Waals surface area contributed by atoms with Gasteiger partial charge in [0, 0.05) is 5.69 Å². The molecule has 0 fully saturated rings. The minimum Gasteiger partial charge on any atom is -0.285 e. The molecular formula is C17H12F2N4O2. The van der Waals surface area contributed by atoms with Crippen LogP contribution in [0.4, 0.5) is 19.3 Å². The van der Waals surface area contributed by atoms with Crippen LogP contribution in [-0.4, -0.2) is 20.4 Å². The molecule has 8 heteroatoms. The van der Waals surface area contributed by atoms with Gasteiger partial charge in [-0.2, -0.15) is 9.67 Å². The molecule has 3 aromatic rings. The van der Waals surface area contributed by atoms with E-state index in [1.807, 2.05) is 0 Å². The van der Waals surface area contributed by atoms with Crippen molar-refractivity contribution >= 4 is 11.7 Å². The van der Waals surface area contributed by atoms with Gasteiger partial charge in [0.05, 0.1) is 13.1 Å². The lowest BCUT2D eigenvalue weighted by atomic mass is 10.2. The summed E-state index contributed by atoms with van der Waals surface area (Å²) in [5.41, 5.74) is 0.628. The highest BCUT2D eigenvalue weighted by Crippen LogP contribution is 2.23. The zero-order valence-electron chi connectivity index (χ0n) is 12.9. The fourth-order valence-electron chi connectivity index (χ4n) is 2.80. The molecule has 0 spiro atoms. The number of hydrogen-bond donors (Lipinski definition) is 0. The van der Waals surface area contributed by atoms with E-state index in [1.165, 1.54) is 50.7 Å². The molecule has 0 bridgehead atoms. The van der Waals surface area contributed by atoms with Crippen molar-refractivity contribution in [1.82, 2.24) is 14.3 Å². The number of amides is 1. The second-order valence-corrected chi connectivity index (χ2v) is 5.65. The van der Waals surface area contributed by atoms with Crippen molar-refractivity contribution in [2.75, 3.05) is 4.90 Å². The fourth-order valence-corrected chi connectivity index (χ4v) is 2.80. The highest BCUT2D eigenvalue weighted by Gasteiger charge is 2.33. The lowest BCUT2D eigenvalue weighted by molar-refractivity contribution is 0.244. The lowest BCUT2D eigenvalue weighted by Gasteiger charge is -2.15. The van der Waals surface area contributed by atoms with E-state index < -0.39 is 17.5 Å². The molecule has 25 heavy (non-hydrogen) atoms. The van der Waals surface area contributed by atoms with Crippen molar-refractivity contribution in [2.45, 2.75) is 13.1 Å². The molecule has 1 aliphatic heterocycles. The Morgan fingerprint density at radius 3 is 2.16 bits per heavy atom. The second kappa shape index (κ2) is 5.66. The standard InChI is InChI=1S/C17H12F2N4O2/c18-12-3-1-11(2-4-12)9-22-16(24)20-15-10-21(17(25)23(15)22)14-7-5-13(19)6-8-14/h1-8H,9-10H2. The first-order chi connectivity index (χ1) is 12.0. The van der Waals surface area contributed by atoms with Gasteiger partial charge in [0.1, 0.15) is 11.6 Å². The Hall–Kier alpha value is -3.29. The molecule has 1 aromatic heterocycles. The lowest BCUT2D eigenvalue weighted by Crippen LogP contribution is -2.34. The maximum Gasteiger partial charge on any atom is 0.364 e. The molecule has 0 N–H and O–H groups in total. The Bertz CT molecular complexity index is 1010. The summed E-state index contributed by atoms with van der Waals surface area (Å²) in [7, 11) is 0. The molecule has 2 aromatic carbocycles. The third kappa shape index (κ3) is 2.61. The maximum atomic E-state index is 13.1. The van der Waals surface area contributed by atoms with Crippen LogP contribution < -0.4 is 10.6 Å². The van der Waals surface area contributed by atoms with E-state index in [-0.39, 0.29) is 18.9 Å². The van der Waals surface area contributed by atoms with Crippen molar-refractivity contribution in [3.63, 3.8) is 0 Å². The number of fused-ring (bicyclic) bond motifs is 1. The van der Waals surface area contributed by atoms with Gasteiger partial charge < -0.3 is 0 Å². The van der Waals surface area contributed by atoms with E-state index in [2.05, 4.69) is 4.98 Å². The number of hydrogen-bond acceptors (Lipinski definition) is 3. The van der Waals surface area contributed by atoms with Gasteiger partial charge >= 0.3 is 11.7 Å². The molecule has 2 heterocycles. The van der Waals surface area contributed by atoms with Gasteiger partial charge in [0.25, 0.3) is 0 Å². The molecule has 1 amide bonds. The molecule has 0 saturated carbocycles. The van der Waals surface area contributed by atoms with Gasteiger partial charge in [-0.3, -0.25) is 4.90 Å². The van der Waals surface area contributed by atoms with Crippen molar-refractivity contribution in [3.05, 3.63) is 82.0 Å². The Labute approximate surface area is 140 Å². The molecule has 0 atom stereocenters. The summed E-state index contributed by atoms with van der Waals surface area (Å²) in [5.74, 6) is -0.476. The third-order valence-corrected chi connectivity index (χ3v) is 4.03. The van der Waals surface area contributed by atoms with E-state index in [0.29, 0.717) is 17.1 Å². The predicted molar refractivity (Wildman–Crippen MR) is 85.4 cm³/mol. The van der Waals surface area contributed by atoms with E-state index in [4.69, 9.17) is 0 Å². The van der Waals surface area contributed by atoms with Crippen LogP contribution in [0, 0.1) is 11.6 Å². The molecule has 0 aliphatic carbocycles. The number of anilines is 1. The van der Waals surface area contributed by atoms with Gasteiger partial charge in [0.15, 0.2) is 5.82 Å². The van der Waals surface area contributed by atoms with Crippen LogP contribution in [0.25, 0.3) is 0 Å². The molecule has 1 aliphatic rings. The maximum absolute atomic E-state index is 13.1. The van der Waals surface area contributed by atoms with Crippen molar-refractivity contribution < 1.29 is 13.6 Å². The number of benzene rings is 2. The molecule has 126 valence electrons. The number of halogens is 2. The molecule has 0 saturated heterocycles. The predicted octanol–water partition coefficient (Wildman–Crippen LogP) is 2.36. The SMILES string of the molecule is O=C1N(c2ccc(F)cc2)Cc2nc(=O)n(Cc3ccc(F)cc3)n21. The zero-order valence-corrected chi connectivity index (χ0v) is 12.9. The Balaban J connectivity index is 1.68. The first kappa shape index (κ1) is 15.3. The van der Waals surface area contributed by atoms with Crippen molar-refractivity contribution in [1.29, 1.82) is 0 Å². The van der Waals surface area contributed by atoms with E-state index in [1.54, 1.807) is 12.1 Å². The molecule has 6 nitrogen and oxygen atoms in total. The first-order valence-electron chi connectivity index (χ1n) is 7.53. The van der Waals surface area contributed by atoms with Gasteiger partial charge in [-0.05, 0) is 42.0 Å². The average molecular weight is 342 g/mol. The summed E-state index contributed by atoms with van der Waals surface area (Å²) < 4.78 is 28.5. The van der Waals surface area contributed by atoms with E-state index in [9.17, 15) is 18.4 Å². The largest absolute Gasteiger partial charge is 0.364 e. The minimum absolute atomic E-state index is 0.0924. The summed E-state index contributed by atoms with van der Waals surface area (Å²) in [5, 5.41) is 0. The quantitative estimate of drug-likeness (QED) is 0.734. The van der Waals surface area contributed by atoms with Gasteiger partial charge in [-0.25, -0.2) is 23.1 Å². The number of carbonyl (C=O) groups is 1. The van der Waals surface area contributed by atoms with Crippen LogP contribution in [-0.2, 0) is 13.1 Å². The van der Waals surface area contributed by atoms with Crippen LogP contribution >= 0.6 is 0 Å². The van der Waals surface area contributed by atoms with E-state index in [0.717, 1.165) is 0 Å². The number of aromatic nitrogens is 3. The van der Waals surface area contributed by atoms with Crippen LogP contribution in [0.1, 0.15) is 11.4 Å². The summed E-state index contributed by atoms with van der Waals surface area (Å²) in [6.45, 7) is 0.214. The molecular weight excluding hydrogens is 330 g/mol. The Morgan fingerprint density at radius 1 is 0.920 bits per heavy atom. The number of carbonyl (C=O) groups excluding carboxylic acids is 1. The van der Waals surface area contributed by atoms with Gasteiger partial charge in [-0.1, -0.05) is 12.1 Å². The fraction of sp³-hybridized carbons (Fsp3) is 0.118. The summed E-state index contributed by atoms with van der Waals surface area (Å²) in [4.78, 5) is 30.1. The van der Waals surface area contributed by atoms with E-state index >= 15 is 0 Å². The summed E-state index contributed by atoms with van der Waals surface area (Å²) >= 11 is 0. The van der Waals surface area contributed by atoms with Crippen LogP contribution in [0.2, 0.25) is 0 Å². The van der Waals surface area contributed by atoms with Crippen LogP contribution in [0.5, 0.6) is 0 Å². The third-order valence-electron chi connectivity index (χ3n) is 4.03. The monoisotopic (exact) mass is 342 g/mol. The molecule has 0 unspecified atom stereocenters. The van der Waals surface area contributed by atoms with Crippen molar-refractivity contribution in [2.24, 2.45) is 0 Å². The zero-order chi connectivity index (χ0) is 17.6. The van der Waals surface area contributed by atoms with Crippen LogP contribution in [0.15, 0.2) is 53.3 Å². The highest BCUT2D eigenvalue weighted by atomic mass is 19.1. The number of rotatable bonds is 3. The van der Waals surface area contributed by atoms with Crippen molar-refractivity contribution in [3.8, 4) is 0 Å². The first-order valence-corrected chi connectivity index (χ1v) is 7.53. The normalized spacial score (nSPS) is 13.4. The topological polar surface area (TPSA) is 60.1 Å². The van der Waals surface area contributed by atoms with Crippen LogP contribution in [0.3, 0.4) is 0 Å².